The van der Waals surface area contributed by atoms with Gasteiger partial charge in [-0.15, -0.1) is 11.3 Å². The molecule has 1 amide bonds. The molecule has 3 heterocycles. The van der Waals surface area contributed by atoms with Gasteiger partial charge in [0.1, 0.15) is 5.01 Å². The Morgan fingerprint density at radius 3 is 2.87 bits per heavy atom. The molecule has 4 rings (SSSR count). The van der Waals surface area contributed by atoms with Crippen molar-refractivity contribution in [3.63, 3.8) is 0 Å². The molecule has 1 aliphatic heterocycles. The van der Waals surface area contributed by atoms with Crippen LogP contribution in [-0.4, -0.2) is 32.5 Å². The van der Waals surface area contributed by atoms with Crippen LogP contribution in [0.1, 0.15) is 78.0 Å². The van der Waals surface area contributed by atoms with Gasteiger partial charge in [0.15, 0.2) is 0 Å². The Morgan fingerprint density at radius 1 is 1.22 bits per heavy atom. The molecule has 0 unspecified atom stereocenters. The van der Waals surface area contributed by atoms with E-state index in [9.17, 15) is 4.79 Å². The van der Waals surface area contributed by atoms with Gasteiger partial charge in [-0.05, 0) is 25.7 Å². The van der Waals surface area contributed by atoms with Crippen molar-refractivity contribution < 1.29 is 4.79 Å². The van der Waals surface area contributed by atoms with Gasteiger partial charge in [0.05, 0.1) is 23.5 Å². The zero-order valence-corrected chi connectivity index (χ0v) is 14.0. The molecular formula is C17H22N4OS. The Balaban J connectivity index is 1.58. The summed E-state index contributed by atoms with van der Waals surface area (Å²) >= 11 is 1.64. The Bertz CT molecular complexity index is 660. The minimum absolute atomic E-state index is 0.122. The minimum Gasteiger partial charge on any atom is -0.329 e. The maximum Gasteiger partial charge on any atom is 0.257 e. The van der Waals surface area contributed by atoms with Gasteiger partial charge in [-0.1, -0.05) is 19.3 Å². The third-order valence-corrected chi connectivity index (χ3v) is 6.04. The molecule has 23 heavy (non-hydrogen) atoms. The number of hydrogen-bond acceptors (Lipinski definition) is 4. The molecule has 2 fully saturated rings. The summed E-state index contributed by atoms with van der Waals surface area (Å²) in [6.07, 6.45) is 11.8. The second kappa shape index (κ2) is 6.43. The lowest BCUT2D eigenvalue weighted by Gasteiger charge is -2.25. The first-order chi connectivity index (χ1) is 11.3. The molecule has 2 aromatic heterocycles. The number of thiazole rings is 1. The lowest BCUT2D eigenvalue weighted by molar-refractivity contribution is 0.0733. The van der Waals surface area contributed by atoms with E-state index in [-0.39, 0.29) is 11.9 Å². The number of nitrogens with one attached hydrogen (secondary N) is 1. The van der Waals surface area contributed by atoms with Crippen molar-refractivity contribution >= 4 is 17.2 Å². The van der Waals surface area contributed by atoms with Gasteiger partial charge in [0.2, 0.25) is 0 Å². The number of carbonyl (C=O) groups is 1. The van der Waals surface area contributed by atoms with Crippen LogP contribution in [0.2, 0.25) is 0 Å². The molecule has 2 aromatic rings. The average Bonchev–Trinajstić information content (AvgIpc) is 3.34. The number of aromatic nitrogens is 3. The Kier molecular flexibility index (Phi) is 4.16. The van der Waals surface area contributed by atoms with Crippen LogP contribution in [0, 0.1) is 0 Å². The SMILES string of the molecule is O=C(c1cn[nH]c1C1CCCCC1)N1CCC[C@@H]1c1nccs1. The van der Waals surface area contributed by atoms with Crippen molar-refractivity contribution in [3.05, 3.63) is 34.0 Å². The summed E-state index contributed by atoms with van der Waals surface area (Å²) in [7, 11) is 0. The molecular weight excluding hydrogens is 308 g/mol. The van der Waals surface area contributed by atoms with Crippen LogP contribution in [0.3, 0.4) is 0 Å². The zero-order valence-electron chi connectivity index (χ0n) is 13.2. The standard InChI is InChI=1S/C17H22N4OS/c22-17(21-9-4-7-14(21)16-18-8-10-23-16)13-11-19-20-15(13)12-5-2-1-3-6-12/h8,10-12,14H,1-7,9H2,(H,19,20)/t14-/m1/s1. The molecule has 2 aliphatic rings. The van der Waals surface area contributed by atoms with E-state index in [0.29, 0.717) is 5.92 Å². The van der Waals surface area contributed by atoms with E-state index in [1.165, 1.54) is 32.1 Å². The maximum atomic E-state index is 13.1. The fourth-order valence-corrected chi connectivity index (χ4v) is 4.77. The van der Waals surface area contributed by atoms with Gasteiger partial charge in [-0.25, -0.2) is 4.98 Å². The second-order valence-electron chi connectivity index (χ2n) is 6.56. The second-order valence-corrected chi connectivity index (χ2v) is 7.49. The highest BCUT2D eigenvalue weighted by Gasteiger charge is 2.34. The molecule has 0 radical (unpaired) electrons. The van der Waals surface area contributed by atoms with E-state index in [1.54, 1.807) is 17.5 Å². The number of carbonyl (C=O) groups excluding carboxylic acids is 1. The Labute approximate surface area is 140 Å². The minimum atomic E-state index is 0.122. The molecule has 0 bridgehead atoms. The summed E-state index contributed by atoms with van der Waals surface area (Å²) < 4.78 is 0. The molecule has 1 N–H and O–H groups in total. The highest BCUT2D eigenvalue weighted by molar-refractivity contribution is 7.09. The van der Waals surface area contributed by atoms with Crippen molar-refractivity contribution in [3.8, 4) is 0 Å². The van der Waals surface area contributed by atoms with Crippen LogP contribution in [0.25, 0.3) is 0 Å². The first-order valence-electron chi connectivity index (χ1n) is 8.58. The number of hydrogen-bond donors (Lipinski definition) is 1. The Hall–Kier alpha value is -1.69. The highest BCUT2D eigenvalue weighted by Crippen LogP contribution is 2.37. The summed E-state index contributed by atoms with van der Waals surface area (Å²) in [5.41, 5.74) is 1.83. The van der Waals surface area contributed by atoms with Crippen LogP contribution < -0.4 is 0 Å². The van der Waals surface area contributed by atoms with E-state index in [0.717, 1.165) is 35.7 Å². The van der Waals surface area contributed by atoms with Crippen molar-refractivity contribution in [2.24, 2.45) is 0 Å². The monoisotopic (exact) mass is 330 g/mol. The molecule has 1 aliphatic carbocycles. The zero-order chi connectivity index (χ0) is 15.6. The predicted molar refractivity (Wildman–Crippen MR) is 89.5 cm³/mol. The predicted octanol–water partition coefficient (Wildman–Crippen LogP) is 3.89. The van der Waals surface area contributed by atoms with Crippen molar-refractivity contribution in [2.75, 3.05) is 6.54 Å². The number of amides is 1. The largest absolute Gasteiger partial charge is 0.329 e. The molecule has 1 saturated heterocycles. The summed E-state index contributed by atoms with van der Waals surface area (Å²) in [4.78, 5) is 19.5. The lowest BCUT2D eigenvalue weighted by atomic mass is 9.85. The number of nitrogens with zero attached hydrogens (tertiary/aromatic N) is 3. The van der Waals surface area contributed by atoms with Gasteiger partial charge in [0, 0.05) is 24.0 Å². The van der Waals surface area contributed by atoms with Gasteiger partial charge >= 0.3 is 0 Å². The van der Waals surface area contributed by atoms with E-state index in [4.69, 9.17) is 0 Å². The van der Waals surface area contributed by atoms with Gasteiger partial charge in [0.25, 0.3) is 5.91 Å². The normalized spacial score (nSPS) is 22.6. The highest BCUT2D eigenvalue weighted by atomic mass is 32.1. The molecule has 0 spiro atoms. The summed E-state index contributed by atoms with van der Waals surface area (Å²) in [6.45, 7) is 0.818. The molecule has 0 aromatic carbocycles. The molecule has 6 heteroatoms. The van der Waals surface area contributed by atoms with E-state index >= 15 is 0 Å². The lowest BCUT2D eigenvalue weighted by Crippen LogP contribution is -2.31. The van der Waals surface area contributed by atoms with Crippen LogP contribution in [0.4, 0.5) is 0 Å². The fourth-order valence-electron chi connectivity index (χ4n) is 3.99. The van der Waals surface area contributed by atoms with Crippen LogP contribution in [0.15, 0.2) is 17.8 Å². The fraction of sp³-hybridized carbons (Fsp3) is 0.588. The maximum absolute atomic E-state index is 13.1. The third-order valence-electron chi connectivity index (χ3n) is 5.16. The summed E-state index contributed by atoms with van der Waals surface area (Å²) in [6, 6.07) is 0.136. The number of aromatic amines is 1. The van der Waals surface area contributed by atoms with Gasteiger partial charge in [-0.2, -0.15) is 5.10 Å². The van der Waals surface area contributed by atoms with Crippen LogP contribution in [0.5, 0.6) is 0 Å². The average molecular weight is 330 g/mol. The molecule has 1 saturated carbocycles. The van der Waals surface area contributed by atoms with E-state index < -0.39 is 0 Å². The van der Waals surface area contributed by atoms with Gasteiger partial charge < -0.3 is 4.90 Å². The van der Waals surface area contributed by atoms with Crippen LogP contribution in [-0.2, 0) is 0 Å². The number of likely N-dealkylation sites (tertiary alicyclic amines) is 1. The van der Waals surface area contributed by atoms with Crippen molar-refractivity contribution in [2.45, 2.75) is 56.9 Å². The first kappa shape index (κ1) is 14.9. The Morgan fingerprint density at radius 2 is 2.09 bits per heavy atom. The molecule has 5 nitrogen and oxygen atoms in total. The van der Waals surface area contributed by atoms with E-state index in [2.05, 4.69) is 15.2 Å². The molecule has 1 atom stereocenters. The van der Waals surface area contributed by atoms with Gasteiger partial charge in [-0.3, -0.25) is 9.89 Å². The first-order valence-corrected chi connectivity index (χ1v) is 9.46. The van der Waals surface area contributed by atoms with E-state index in [1.807, 2.05) is 16.5 Å². The number of rotatable bonds is 3. The van der Waals surface area contributed by atoms with Crippen LogP contribution >= 0.6 is 11.3 Å². The number of H-pyrrole nitrogens is 1. The third kappa shape index (κ3) is 2.80. The topological polar surface area (TPSA) is 61.9 Å². The summed E-state index contributed by atoms with van der Waals surface area (Å²) in [5, 5.41) is 10.4. The van der Waals surface area contributed by atoms with Crippen molar-refractivity contribution in [1.29, 1.82) is 0 Å². The molecule has 122 valence electrons. The van der Waals surface area contributed by atoms with Crippen molar-refractivity contribution in [1.82, 2.24) is 20.1 Å². The quantitative estimate of drug-likeness (QED) is 0.928. The summed E-state index contributed by atoms with van der Waals surface area (Å²) in [5.74, 6) is 0.586. The smallest absolute Gasteiger partial charge is 0.257 e.